The number of nitrogens with one attached hydrogen (secondary N) is 1. The predicted molar refractivity (Wildman–Crippen MR) is 131 cm³/mol. The van der Waals surface area contributed by atoms with Gasteiger partial charge in [-0.1, -0.05) is 0 Å². The summed E-state index contributed by atoms with van der Waals surface area (Å²) in [5.74, 6) is 1.83. The Labute approximate surface area is 188 Å². The normalized spacial score (nSPS) is 22.6. The van der Waals surface area contributed by atoms with E-state index in [2.05, 4.69) is 28.2 Å². The Balaban J connectivity index is 1.48. The number of anilines is 2. The molecule has 0 spiro atoms. The van der Waals surface area contributed by atoms with Gasteiger partial charge in [-0.2, -0.15) is 0 Å². The number of fused-ring (bicyclic) bond motifs is 2. The van der Waals surface area contributed by atoms with Gasteiger partial charge in [0.25, 0.3) is 0 Å². The van der Waals surface area contributed by atoms with E-state index in [1.54, 1.807) is 19.3 Å². The van der Waals surface area contributed by atoms with E-state index in [0.29, 0.717) is 34.9 Å². The number of nitrogens with zero attached hydrogens (tertiary/aromatic N) is 4. The van der Waals surface area contributed by atoms with Crippen LogP contribution >= 0.6 is 0 Å². The van der Waals surface area contributed by atoms with Crippen molar-refractivity contribution in [2.24, 2.45) is 10.9 Å². The van der Waals surface area contributed by atoms with Gasteiger partial charge in [0.1, 0.15) is 11.6 Å². The summed E-state index contributed by atoms with van der Waals surface area (Å²) in [4.78, 5) is 16.2. The van der Waals surface area contributed by atoms with E-state index in [-0.39, 0.29) is 5.75 Å². The van der Waals surface area contributed by atoms with E-state index in [4.69, 9.17) is 15.7 Å². The maximum Gasteiger partial charge on any atom is 0.129 e. The van der Waals surface area contributed by atoms with Crippen molar-refractivity contribution >= 4 is 28.8 Å². The maximum absolute atomic E-state index is 10.5. The van der Waals surface area contributed by atoms with Crippen molar-refractivity contribution in [2.75, 3.05) is 30.8 Å². The van der Waals surface area contributed by atoms with Crippen LogP contribution in [-0.4, -0.2) is 53.5 Å². The lowest BCUT2D eigenvalue weighted by molar-refractivity contribution is 0.443. The number of hydrogen-bond acceptors (Lipinski definition) is 7. The molecule has 1 aliphatic carbocycles. The number of aromatic nitrogens is 2. The van der Waals surface area contributed by atoms with Crippen LogP contribution in [0.25, 0.3) is 22.3 Å². The van der Waals surface area contributed by atoms with Crippen molar-refractivity contribution in [2.45, 2.75) is 38.3 Å². The molecule has 7 heteroatoms. The van der Waals surface area contributed by atoms with E-state index >= 15 is 0 Å². The third-order valence-electron chi connectivity index (χ3n) is 6.98. The zero-order chi connectivity index (χ0) is 22.2. The van der Waals surface area contributed by atoms with Crippen molar-refractivity contribution in [3.05, 3.63) is 42.0 Å². The van der Waals surface area contributed by atoms with E-state index in [1.165, 1.54) is 19.3 Å². The first-order chi connectivity index (χ1) is 15.6. The minimum Gasteiger partial charge on any atom is -0.507 e. The van der Waals surface area contributed by atoms with Crippen molar-refractivity contribution in [3.63, 3.8) is 0 Å². The van der Waals surface area contributed by atoms with Gasteiger partial charge in [-0.3, -0.25) is 4.99 Å². The summed E-state index contributed by atoms with van der Waals surface area (Å²) in [5.41, 5.74) is 10.2. The topological polar surface area (TPSA) is 99.7 Å². The Bertz CT molecular complexity index is 1180. The highest BCUT2D eigenvalue weighted by Crippen LogP contribution is 2.38. The molecule has 2 aromatic heterocycles. The number of nitrogens with two attached hydrogens (primary N) is 1. The fraction of sp³-hybridized carbons (Fsp3) is 0.400. The minimum absolute atomic E-state index is 0.102. The number of pyridine rings is 2. The second-order valence-electron chi connectivity index (χ2n) is 8.73. The monoisotopic (exact) mass is 430 g/mol. The Hall–Kier alpha value is -3.19. The van der Waals surface area contributed by atoms with Crippen molar-refractivity contribution in [3.8, 4) is 17.0 Å². The highest BCUT2D eigenvalue weighted by Gasteiger charge is 2.41. The molecule has 1 saturated heterocycles. The van der Waals surface area contributed by atoms with Gasteiger partial charge in [0.2, 0.25) is 0 Å². The Morgan fingerprint density at radius 2 is 1.97 bits per heavy atom. The molecular weight excluding hydrogens is 400 g/mol. The number of aromatic hydroxyl groups is 1. The van der Waals surface area contributed by atoms with Crippen LogP contribution in [-0.2, 0) is 0 Å². The first kappa shape index (κ1) is 20.7. The fourth-order valence-electron chi connectivity index (χ4n) is 5.47. The summed E-state index contributed by atoms with van der Waals surface area (Å²) in [6.07, 6.45) is 5.40. The number of aliphatic imine (C=N–C) groups is 1. The highest BCUT2D eigenvalue weighted by atomic mass is 16.3. The number of phenolic OH excluding ortho intramolecular Hbond substituents is 1. The largest absolute Gasteiger partial charge is 0.507 e. The van der Waals surface area contributed by atoms with E-state index in [1.807, 2.05) is 24.3 Å². The average molecular weight is 431 g/mol. The van der Waals surface area contributed by atoms with Gasteiger partial charge in [0.15, 0.2) is 0 Å². The molecule has 1 aliphatic heterocycles. The van der Waals surface area contributed by atoms with Gasteiger partial charge in [-0.15, -0.1) is 0 Å². The van der Waals surface area contributed by atoms with E-state index in [9.17, 15) is 5.11 Å². The molecule has 1 saturated carbocycles. The molecule has 3 atom stereocenters. The van der Waals surface area contributed by atoms with Crippen LogP contribution in [0.15, 0.2) is 41.4 Å². The average Bonchev–Trinajstić information content (AvgIpc) is 3.41. The van der Waals surface area contributed by atoms with Gasteiger partial charge in [-0.25, -0.2) is 9.97 Å². The zero-order valence-electron chi connectivity index (χ0n) is 18.6. The SMILES string of the molecule is CCN(c1ccc2nc(-c3cc(C=NC)c(N)cc3O)ccc2n1)C1CCC2NCCC21. The molecule has 2 aliphatic rings. The molecule has 5 rings (SSSR count). The lowest BCUT2D eigenvalue weighted by Crippen LogP contribution is -2.40. The van der Waals surface area contributed by atoms with Gasteiger partial charge < -0.3 is 21.1 Å². The fourth-order valence-corrected chi connectivity index (χ4v) is 5.47. The number of phenols is 1. The summed E-state index contributed by atoms with van der Waals surface area (Å²) in [5, 5.41) is 14.1. The first-order valence-electron chi connectivity index (χ1n) is 11.4. The molecule has 1 aromatic carbocycles. The van der Waals surface area contributed by atoms with E-state index < -0.39 is 0 Å². The first-order valence-corrected chi connectivity index (χ1v) is 11.4. The molecule has 32 heavy (non-hydrogen) atoms. The van der Waals surface area contributed by atoms with Crippen molar-refractivity contribution in [1.29, 1.82) is 0 Å². The summed E-state index contributed by atoms with van der Waals surface area (Å²) in [6.45, 7) is 4.29. The lowest BCUT2D eigenvalue weighted by Gasteiger charge is -2.33. The Morgan fingerprint density at radius 3 is 2.78 bits per heavy atom. The smallest absolute Gasteiger partial charge is 0.129 e. The number of hydrogen-bond donors (Lipinski definition) is 3. The predicted octanol–water partition coefficient (Wildman–Crippen LogP) is 3.60. The molecule has 7 nitrogen and oxygen atoms in total. The molecule has 0 bridgehead atoms. The zero-order valence-corrected chi connectivity index (χ0v) is 18.6. The van der Waals surface area contributed by atoms with Gasteiger partial charge in [0.05, 0.1) is 16.7 Å². The summed E-state index contributed by atoms with van der Waals surface area (Å²) in [7, 11) is 1.69. The van der Waals surface area contributed by atoms with Gasteiger partial charge >= 0.3 is 0 Å². The van der Waals surface area contributed by atoms with Crippen LogP contribution in [0.3, 0.4) is 0 Å². The molecule has 166 valence electrons. The minimum atomic E-state index is 0.102. The van der Waals surface area contributed by atoms with Crippen LogP contribution in [0.4, 0.5) is 11.5 Å². The van der Waals surface area contributed by atoms with Crippen molar-refractivity contribution < 1.29 is 5.11 Å². The molecule has 2 fully saturated rings. The highest BCUT2D eigenvalue weighted by molar-refractivity contribution is 5.91. The number of rotatable bonds is 5. The number of benzene rings is 1. The second kappa shape index (κ2) is 8.39. The molecule has 0 amide bonds. The molecular formula is C25H30N6O. The summed E-state index contributed by atoms with van der Waals surface area (Å²) in [6, 6.07) is 12.6. The van der Waals surface area contributed by atoms with Crippen molar-refractivity contribution in [1.82, 2.24) is 15.3 Å². The van der Waals surface area contributed by atoms with Crippen LogP contribution < -0.4 is 16.0 Å². The summed E-state index contributed by atoms with van der Waals surface area (Å²) >= 11 is 0. The lowest BCUT2D eigenvalue weighted by atomic mass is 9.98. The molecule has 4 N–H and O–H groups in total. The van der Waals surface area contributed by atoms with Gasteiger partial charge in [0, 0.05) is 54.8 Å². The Morgan fingerprint density at radius 1 is 1.16 bits per heavy atom. The molecule has 3 aromatic rings. The molecule has 0 radical (unpaired) electrons. The standard InChI is InChI=1S/C25H30N6O/c1-3-31(23-8-6-19-16(23)10-11-28-19)25-9-7-21-22(30-25)5-4-20(29-21)17-12-15(14-27-2)18(26)13-24(17)32/h4-5,7,9,12-14,16,19,23,28,32H,3,6,8,10-11,26H2,1-2H3. The summed E-state index contributed by atoms with van der Waals surface area (Å²) < 4.78 is 0. The van der Waals surface area contributed by atoms with Crippen LogP contribution in [0.2, 0.25) is 0 Å². The Kier molecular flexibility index (Phi) is 5.43. The molecule has 3 heterocycles. The van der Waals surface area contributed by atoms with Crippen LogP contribution in [0.1, 0.15) is 31.7 Å². The number of nitrogen functional groups attached to an aromatic ring is 1. The van der Waals surface area contributed by atoms with Gasteiger partial charge in [-0.05, 0) is 69.0 Å². The quantitative estimate of drug-likeness (QED) is 0.422. The maximum atomic E-state index is 10.5. The third-order valence-corrected chi connectivity index (χ3v) is 6.98. The third kappa shape index (κ3) is 3.56. The van der Waals surface area contributed by atoms with Crippen LogP contribution in [0, 0.1) is 5.92 Å². The van der Waals surface area contributed by atoms with E-state index in [0.717, 1.165) is 35.5 Å². The molecule has 3 unspecified atom stereocenters. The second-order valence-corrected chi connectivity index (χ2v) is 8.73. The van der Waals surface area contributed by atoms with Crippen LogP contribution in [0.5, 0.6) is 5.75 Å².